The molecule has 0 amide bonds. The molecule has 1 atom stereocenters. The van der Waals surface area contributed by atoms with Crippen molar-refractivity contribution in [2.24, 2.45) is 0 Å². The fourth-order valence-corrected chi connectivity index (χ4v) is 6.27. The first-order chi connectivity index (χ1) is 16.2. The number of rotatable bonds is 10. The molecule has 3 rings (SSSR count). The lowest BCUT2D eigenvalue weighted by Crippen LogP contribution is -2.35. The number of thioether (sulfide) groups is 2. The van der Waals surface area contributed by atoms with Crippen LogP contribution in [0.2, 0.25) is 0 Å². The average Bonchev–Trinajstić information content (AvgIpc) is 2.81. The molecular formula is C25H26F3NO2S3. The Hall–Kier alpha value is -2.10. The molecule has 0 aliphatic rings. The summed E-state index contributed by atoms with van der Waals surface area (Å²) in [5.41, 5.74) is 0.771. The van der Waals surface area contributed by atoms with Gasteiger partial charge in [0.15, 0.2) is 0 Å². The van der Waals surface area contributed by atoms with E-state index in [4.69, 9.17) is 0 Å². The van der Waals surface area contributed by atoms with Crippen LogP contribution in [0, 0.1) is 17.5 Å². The molecule has 3 aromatic rings. The summed E-state index contributed by atoms with van der Waals surface area (Å²) in [6.45, 7) is 1.60. The Labute approximate surface area is 207 Å². The van der Waals surface area contributed by atoms with Crippen LogP contribution in [0.4, 0.5) is 18.9 Å². The minimum absolute atomic E-state index is 0.0492. The van der Waals surface area contributed by atoms with Crippen LogP contribution in [-0.4, -0.2) is 26.7 Å². The number of anilines is 1. The van der Waals surface area contributed by atoms with Gasteiger partial charge in [0.2, 0.25) is 0 Å². The molecule has 0 saturated carbocycles. The zero-order valence-corrected chi connectivity index (χ0v) is 21.5. The third-order valence-corrected chi connectivity index (χ3v) is 8.80. The molecule has 0 radical (unpaired) electrons. The van der Waals surface area contributed by atoms with Gasteiger partial charge in [-0.1, -0.05) is 6.07 Å². The van der Waals surface area contributed by atoms with E-state index in [0.717, 1.165) is 39.6 Å². The summed E-state index contributed by atoms with van der Waals surface area (Å²) < 4.78 is 71.7. The van der Waals surface area contributed by atoms with Crippen molar-refractivity contribution in [3.8, 4) is 0 Å². The van der Waals surface area contributed by atoms with Crippen LogP contribution in [0.15, 0.2) is 70.5 Å². The quantitative estimate of drug-likeness (QED) is 0.209. The first kappa shape index (κ1) is 26.5. The van der Waals surface area contributed by atoms with Crippen molar-refractivity contribution in [2.75, 3.05) is 22.6 Å². The zero-order valence-electron chi connectivity index (χ0n) is 19.1. The Morgan fingerprint density at radius 3 is 2.21 bits per heavy atom. The first-order valence-electron chi connectivity index (χ1n) is 10.6. The number of hydrogen-bond donors (Lipinski definition) is 0. The van der Waals surface area contributed by atoms with Gasteiger partial charge in [0.05, 0.1) is 16.6 Å². The Balaban J connectivity index is 2.17. The predicted octanol–water partition coefficient (Wildman–Crippen LogP) is 7.08. The second-order valence-corrected chi connectivity index (χ2v) is 11.4. The molecule has 0 heterocycles. The van der Waals surface area contributed by atoms with E-state index in [1.54, 1.807) is 30.8 Å². The number of aryl methyl sites for hydroxylation is 1. The molecule has 0 saturated heterocycles. The maximum atomic E-state index is 14.9. The molecule has 0 aliphatic heterocycles. The average molecular weight is 526 g/mol. The summed E-state index contributed by atoms with van der Waals surface area (Å²) in [5, 5.41) is 0. The van der Waals surface area contributed by atoms with Crippen LogP contribution in [0.5, 0.6) is 0 Å². The van der Waals surface area contributed by atoms with Crippen molar-refractivity contribution < 1.29 is 21.6 Å². The van der Waals surface area contributed by atoms with Crippen molar-refractivity contribution >= 4 is 39.2 Å². The number of hydrogen-bond acceptors (Lipinski definition) is 4. The van der Waals surface area contributed by atoms with Gasteiger partial charge < -0.3 is 0 Å². The van der Waals surface area contributed by atoms with Crippen LogP contribution in [0.25, 0.3) is 0 Å². The highest BCUT2D eigenvalue weighted by molar-refractivity contribution is 7.98. The predicted molar refractivity (Wildman–Crippen MR) is 136 cm³/mol. The highest BCUT2D eigenvalue weighted by atomic mass is 32.2. The largest absolute Gasteiger partial charge is 0.264 e. The summed E-state index contributed by atoms with van der Waals surface area (Å²) in [6, 6.07) is 12.2. The molecule has 3 aromatic carbocycles. The van der Waals surface area contributed by atoms with E-state index in [2.05, 4.69) is 0 Å². The summed E-state index contributed by atoms with van der Waals surface area (Å²) >= 11 is 3.12. The van der Waals surface area contributed by atoms with Gasteiger partial charge in [-0.2, -0.15) is 11.8 Å². The second-order valence-electron chi connectivity index (χ2n) is 7.69. The molecule has 3 nitrogen and oxygen atoms in total. The summed E-state index contributed by atoms with van der Waals surface area (Å²) in [6.07, 6.45) is 5.13. The minimum Gasteiger partial charge on any atom is -0.256 e. The van der Waals surface area contributed by atoms with Crippen molar-refractivity contribution in [1.29, 1.82) is 0 Å². The molecular weight excluding hydrogens is 499 g/mol. The van der Waals surface area contributed by atoms with Crippen LogP contribution in [-0.2, 0) is 16.4 Å². The van der Waals surface area contributed by atoms with Gasteiger partial charge in [-0.25, -0.2) is 21.6 Å². The van der Waals surface area contributed by atoms with Crippen LogP contribution < -0.4 is 4.31 Å². The SMILES string of the molecule is CSCCCc1cc(F)ccc1[C@@H](C)N(c1cc(F)ccc1F)S(=O)(=O)c1ccc(SC)cc1. The Morgan fingerprint density at radius 1 is 0.912 bits per heavy atom. The highest BCUT2D eigenvalue weighted by Crippen LogP contribution is 2.37. The monoisotopic (exact) mass is 525 g/mol. The van der Waals surface area contributed by atoms with Crippen molar-refractivity contribution in [3.05, 3.63) is 89.2 Å². The molecule has 0 unspecified atom stereocenters. The van der Waals surface area contributed by atoms with Gasteiger partial charge in [-0.15, -0.1) is 11.8 Å². The highest BCUT2D eigenvalue weighted by Gasteiger charge is 2.33. The normalized spacial score (nSPS) is 12.5. The summed E-state index contributed by atoms with van der Waals surface area (Å²) in [4.78, 5) is 0.817. The van der Waals surface area contributed by atoms with Gasteiger partial charge in [0.25, 0.3) is 10.0 Å². The minimum atomic E-state index is -4.30. The van der Waals surface area contributed by atoms with E-state index in [0.29, 0.717) is 17.5 Å². The lowest BCUT2D eigenvalue weighted by Gasteiger charge is -2.32. The number of halogens is 3. The molecule has 0 bridgehead atoms. The summed E-state index contributed by atoms with van der Waals surface area (Å²) in [7, 11) is -4.30. The van der Waals surface area contributed by atoms with Gasteiger partial charge in [0.1, 0.15) is 17.5 Å². The van der Waals surface area contributed by atoms with E-state index in [1.165, 1.54) is 42.1 Å². The fraction of sp³-hybridized carbons (Fsp3) is 0.280. The third-order valence-electron chi connectivity index (χ3n) is 5.46. The smallest absolute Gasteiger partial charge is 0.256 e. The topological polar surface area (TPSA) is 37.4 Å². The number of benzene rings is 3. The molecule has 0 N–H and O–H groups in total. The summed E-state index contributed by atoms with van der Waals surface area (Å²) in [5.74, 6) is -1.22. The third kappa shape index (κ3) is 5.93. The van der Waals surface area contributed by atoms with Gasteiger partial charge in [-0.05, 0) is 97.7 Å². The van der Waals surface area contributed by atoms with E-state index >= 15 is 0 Å². The number of sulfonamides is 1. The van der Waals surface area contributed by atoms with Crippen molar-refractivity contribution in [3.63, 3.8) is 0 Å². The van der Waals surface area contributed by atoms with E-state index in [1.807, 2.05) is 12.5 Å². The van der Waals surface area contributed by atoms with Crippen LogP contribution in [0.3, 0.4) is 0 Å². The maximum absolute atomic E-state index is 14.9. The zero-order chi connectivity index (χ0) is 24.9. The lowest BCUT2D eigenvalue weighted by atomic mass is 9.97. The molecule has 0 spiro atoms. The lowest BCUT2D eigenvalue weighted by molar-refractivity contribution is 0.569. The molecule has 0 aromatic heterocycles. The Bertz CT molecular complexity index is 1230. The van der Waals surface area contributed by atoms with Crippen molar-refractivity contribution in [2.45, 2.75) is 35.6 Å². The van der Waals surface area contributed by atoms with Gasteiger partial charge in [-0.3, -0.25) is 4.31 Å². The standard InChI is InChI=1S/C25H26F3NO2S3/c1-17(23-12-6-19(26)15-18(23)5-4-14-32-2)29(25-16-20(27)7-13-24(25)28)34(30,31)22-10-8-21(33-3)9-11-22/h6-13,15-17H,4-5,14H2,1-3H3/t17-/m1/s1. The second kappa shape index (κ2) is 11.6. The Morgan fingerprint density at radius 2 is 1.56 bits per heavy atom. The van der Waals surface area contributed by atoms with Gasteiger partial charge in [0, 0.05) is 11.0 Å². The van der Waals surface area contributed by atoms with E-state index in [9.17, 15) is 21.6 Å². The molecule has 182 valence electrons. The number of nitrogens with zero attached hydrogens (tertiary/aromatic N) is 1. The molecule has 0 aliphatic carbocycles. The molecule has 0 fully saturated rings. The fourth-order valence-electron chi connectivity index (χ4n) is 3.79. The van der Waals surface area contributed by atoms with Crippen LogP contribution in [0.1, 0.15) is 30.5 Å². The first-order valence-corrected chi connectivity index (χ1v) is 14.7. The van der Waals surface area contributed by atoms with Crippen molar-refractivity contribution in [1.82, 2.24) is 0 Å². The van der Waals surface area contributed by atoms with E-state index in [-0.39, 0.29) is 4.90 Å². The van der Waals surface area contributed by atoms with E-state index < -0.39 is 39.2 Å². The molecule has 9 heteroatoms. The maximum Gasteiger partial charge on any atom is 0.264 e. The van der Waals surface area contributed by atoms with Crippen LogP contribution >= 0.6 is 23.5 Å². The Kier molecular flexibility index (Phi) is 9.01. The van der Waals surface area contributed by atoms with Gasteiger partial charge >= 0.3 is 0 Å². The molecule has 34 heavy (non-hydrogen) atoms.